The lowest BCUT2D eigenvalue weighted by Crippen LogP contribution is -2.24. The van der Waals surface area contributed by atoms with Crippen LogP contribution in [0.3, 0.4) is 0 Å². The van der Waals surface area contributed by atoms with Crippen molar-refractivity contribution in [3.8, 4) is 0 Å². The van der Waals surface area contributed by atoms with Crippen LogP contribution in [0.15, 0.2) is 11.0 Å². The summed E-state index contributed by atoms with van der Waals surface area (Å²) in [6.07, 6.45) is 0.879. The molecule has 0 fully saturated rings. The van der Waals surface area contributed by atoms with Gasteiger partial charge in [-0.25, -0.2) is 13.1 Å². The van der Waals surface area contributed by atoms with Crippen LogP contribution in [0.2, 0.25) is 8.67 Å². The van der Waals surface area contributed by atoms with Gasteiger partial charge in [-0.05, 0) is 18.9 Å². The van der Waals surface area contributed by atoms with Gasteiger partial charge >= 0.3 is 5.97 Å². The lowest BCUT2D eigenvalue weighted by molar-refractivity contribution is -0.137. The summed E-state index contributed by atoms with van der Waals surface area (Å²) in [5.74, 6) is -0.898. The van der Waals surface area contributed by atoms with Gasteiger partial charge in [-0.1, -0.05) is 23.2 Å². The summed E-state index contributed by atoms with van der Waals surface area (Å²) < 4.78 is 26.4. The van der Waals surface area contributed by atoms with Crippen molar-refractivity contribution in [3.63, 3.8) is 0 Å². The normalized spacial score (nSPS) is 11.7. The quantitative estimate of drug-likeness (QED) is 0.752. The van der Waals surface area contributed by atoms with Crippen molar-refractivity contribution in [2.45, 2.75) is 24.2 Å². The summed E-state index contributed by atoms with van der Waals surface area (Å²) in [6, 6.07) is 1.29. The van der Waals surface area contributed by atoms with Crippen molar-refractivity contribution >= 4 is 50.5 Å². The topological polar surface area (TPSA) is 83.5 Å². The Hall–Kier alpha value is -0.340. The number of carboxylic acid groups (broad SMARTS) is 1. The second kappa shape index (κ2) is 6.72. The molecule has 1 aromatic heterocycles. The number of hydrogen-bond acceptors (Lipinski definition) is 4. The van der Waals surface area contributed by atoms with E-state index in [0.717, 1.165) is 11.3 Å². The second-order valence-electron chi connectivity index (χ2n) is 3.44. The number of carbonyl (C=O) groups is 1. The standard InChI is InChI=1S/C9H11Cl2NO4S2/c10-7-5-6(9(11)17-7)18(15,16)12-4-2-1-3-8(13)14/h5,12H,1-4H2,(H,13,14). The molecule has 0 aliphatic rings. The summed E-state index contributed by atoms with van der Waals surface area (Å²) in [7, 11) is -3.67. The highest BCUT2D eigenvalue weighted by Gasteiger charge is 2.20. The van der Waals surface area contributed by atoms with E-state index in [0.29, 0.717) is 17.2 Å². The Bertz CT molecular complexity index is 527. The minimum Gasteiger partial charge on any atom is -0.481 e. The highest BCUT2D eigenvalue weighted by molar-refractivity contribution is 7.89. The zero-order valence-electron chi connectivity index (χ0n) is 9.15. The summed E-state index contributed by atoms with van der Waals surface area (Å²) in [5.41, 5.74) is 0. The zero-order chi connectivity index (χ0) is 13.8. The van der Waals surface area contributed by atoms with Crippen LogP contribution in [0, 0.1) is 0 Å². The Morgan fingerprint density at radius 2 is 2.06 bits per heavy atom. The molecule has 5 nitrogen and oxygen atoms in total. The van der Waals surface area contributed by atoms with Gasteiger partial charge in [-0.2, -0.15) is 0 Å². The van der Waals surface area contributed by atoms with Crippen molar-refractivity contribution in [3.05, 3.63) is 14.7 Å². The second-order valence-corrected chi connectivity index (χ2v) is 7.46. The first-order valence-corrected chi connectivity index (χ1v) is 8.05. The molecule has 2 N–H and O–H groups in total. The fraction of sp³-hybridized carbons (Fsp3) is 0.444. The average Bonchev–Trinajstić information content (AvgIpc) is 2.57. The fourth-order valence-corrected chi connectivity index (χ4v) is 4.42. The zero-order valence-corrected chi connectivity index (χ0v) is 12.3. The van der Waals surface area contributed by atoms with Crippen LogP contribution in [0.5, 0.6) is 0 Å². The Morgan fingerprint density at radius 1 is 1.39 bits per heavy atom. The number of hydrogen-bond donors (Lipinski definition) is 2. The van der Waals surface area contributed by atoms with Gasteiger partial charge in [0.2, 0.25) is 10.0 Å². The molecule has 0 saturated heterocycles. The van der Waals surface area contributed by atoms with Gasteiger partial charge in [0, 0.05) is 13.0 Å². The predicted molar refractivity (Wildman–Crippen MR) is 71.0 cm³/mol. The van der Waals surface area contributed by atoms with E-state index in [9.17, 15) is 13.2 Å². The number of rotatable bonds is 7. The molecule has 0 atom stereocenters. The van der Waals surface area contributed by atoms with Crippen LogP contribution >= 0.6 is 34.5 Å². The van der Waals surface area contributed by atoms with Crippen molar-refractivity contribution in [2.75, 3.05) is 6.54 Å². The molecule has 1 rings (SSSR count). The molecule has 0 aromatic carbocycles. The van der Waals surface area contributed by atoms with Crippen LogP contribution < -0.4 is 4.72 Å². The molecule has 1 aromatic rings. The molecule has 1 heterocycles. The van der Waals surface area contributed by atoms with E-state index in [-0.39, 0.29) is 22.2 Å². The highest BCUT2D eigenvalue weighted by Crippen LogP contribution is 2.33. The van der Waals surface area contributed by atoms with Crippen LogP contribution in [-0.2, 0) is 14.8 Å². The lowest BCUT2D eigenvalue weighted by Gasteiger charge is -2.04. The van der Waals surface area contributed by atoms with Crippen molar-refractivity contribution in [1.29, 1.82) is 0 Å². The Morgan fingerprint density at radius 3 is 2.56 bits per heavy atom. The molecular weight excluding hydrogens is 321 g/mol. The first-order valence-electron chi connectivity index (χ1n) is 4.99. The molecule has 18 heavy (non-hydrogen) atoms. The van der Waals surface area contributed by atoms with Crippen LogP contribution in [0.4, 0.5) is 0 Å². The molecule has 0 spiro atoms. The molecule has 0 aliphatic carbocycles. The molecule has 0 saturated carbocycles. The first kappa shape index (κ1) is 15.7. The first-order chi connectivity index (χ1) is 8.33. The molecular formula is C9H11Cl2NO4S2. The average molecular weight is 332 g/mol. The maximum atomic E-state index is 11.8. The molecule has 0 bridgehead atoms. The monoisotopic (exact) mass is 331 g/mol. The van der Waals surface area contributed by atoms with E-state index in [1.165, 1.54) is 6.07 Å². The smallest absolute Gasteiger partial charge is 0.303 e. The lowest BCUT2D eigenvalue weighted by atomic mass is 10.2. The van der Waals surface area contributed by atoms with Gasteiger partial charge in [0.25, 0.3) is 0 Å². The minimum absolute atomic E-state index is 0.0206. The molecule has 0 amide bonds. The van der Waals surface area contributed by atoms with Crippen molar-refractivity contribution in [1.82, 2.24) is 4.72 Å². The number of thiophene rings is 1. The SMILES string of the molecule is O=C(O)CCCCNS(=O)(=O)c1cc(Cl)sc1Cl. The fourth-order valence-electron chi connectivity index (χ4n) is 1.19. The summed E-state index contributed by atoms with van der Waals surface area (Å²) in [4.78, 5) is 10.2. The van der Waals surface area contributed by atoms with Crippen molar-refractivity contribution in [2.24, 2.45) is 0 Å². The largest absolute Gasteiger partial charge is 0.481 e. The number of carboxylic acids is 1. The van der Waals surface area contributed by atoms with E-state index in [1.807, 2.05) is 0 Å². The Balaban J connectivity index is 2.51. The van der Waals surface area contributed by atoms with Gasteiger partial charge in [0.15, 0.2) is 0 Å². The molecule has 0 unspecified atom stereocenters. The van der Waals surface area contributed by atoms with Crippen LogP contribution in [0.1, 0.15) is 19.3 Å². The third-order valence-electron chi connectivity index (χ3n) is 2.02. The minimum atomic E-state index is -3.67. The molecule has 9 heteroatoms. The van der Waals surface area contributed by atoms with E-state index < -0.39 is 16.0 Å². The van der Waals surface area contributed by atoms with Gasteiger partial charge in [0.1, 0.15) is 9.23 Å². The van der Waals surface area contributed by atoms with Crippen LogP contribution in [0.25, 0.3) is 0 Å². The van der Waals surface area contributed by atoms with E-state index in [1.54, 1.807) is 0 Å². The molecule has 102 valence electrons. The highest BCUT2D eigenvalue weighted by atomic mass is 35.5. The van der Waals surface area contributed by atoms with Gasteiger partial charge < -0.3 is 5.11 Å². The van der Waals surface area contributed by atoms with E-state index in [4.69, 9.17) is 28.3 Å². The van der Waals surface area contributed by atoms with Crippen LogP contribution in [-0.4, -0.2) is 26.0 Å². The summed E-state index contributed by atoms with van der Waals surface area (Å²) >= 11 is 12.4. The third kappa shape index (κ3) is 4.74. The number of aliphatic carboxylic acids is 1. The summed E-state index contributed by atoms with van der Waals surface area (Å²) in [6.45, 7) is 0.166. The maximum Gasteiger partial charge on any atom is 0.303 e. The van der Waals surface area contributed by atoms with Gasteiger partial charge in [0.05, 0.1) is 4.34 Å². The number of nitrogens with one attached hydrogen (secondary N) is 1. The summed E-state index contributed by atoms with van der Waals surface area (Å²) in [5, 5.41) is 8.42. The van der Waals surface area contributed by atoms with E-state index in [2.05, 4.69) is 4.72 Å². The van der Waals surface area contributed by atoms with Crippen molar-refractivity contribution < 1.29 is 18.3 Å². The molecule has 0 aliphatic heterocycles. The Labute approximate surface area is 119 Å². The van der Waals surface area contributed by atoms with E-state index >= 15 is 0 Å². The number of sulfonamides is 1. The molecule has 0 radical (unpaired) electrons. The Kier molecular flexibility index (Phi) is 5.87. The predicted octanol–water partition coefficient (Wildman–Crippen LogP) is 2.59. The third-order valence-corrected chi connectivity index (χ3v) is 5.24. The van der Waals surface area contributed by atoms with Gasteiger partial charge in [-0.15, -0.1) is 11.3 Å². The maximum absolute atomic E-state index is 11.8. The number of unbranched alkanes of at least 4 members (excludes halogenated alkanes) is 1. The van der Waals surface area contributed by atoms with Gasteiger partial charge in [-0.3, -0.25) is 4.79 Å². The number of halogens is 2.